The van der Waals surface area contributed by atoms with E-state index in [1.165, 1.54) is 5.56 Å². The summed E-state index contributed by atoms with van der Waals surface area (Å²) in [5, 5.41) is 3.03. The van der Waals surface area contributed by atoms with Crippen LogP contribution < -0.4 is 14.8 Å². The highest BCUT2D eigenvalue weighted by molar-refractivity contribution is 5.93. The number of para-hydroxylation sites is 1. The zero-order valence-corrected chi connectivity index (χ0v) is 14.8. The number of ether oxygens (including phenoxy) is 2. The molecule has 2 aromatic rings. The van der Waals surface area contributed by atoms with Crippen molar-refractivity contribution in [3.63, 3.8) is 0 Å². The van der Waals surface area contributed by atoms with Crippen molar-refractivity contribution in [3.8, 4) is 11.5 Å². The quantitative estimate of drug-likeness (QED) is 0.820. The van der Waals surface area contributed by atoms with Crippen LogP contribution in [0.5, 0.6) is 11.5 Å². The van der Waals surface area contributed by atoms with Gasteiger partial charge in [0.25, 0.3) is 0 Å². The number of anilines is 1. The summed E-state index contributed by atoms with van der Waals surface area (Å²) in [6, 6.07) is 13.5. The highest BCUT2D eigenvalue weighted by Crippen LogP contribution is 2.29. The van der Waals surface area contributed by atoms with Crippen molar-refractivity contribution < 1.29 is 14.3 Å². The van der Waals surface area contributed by atoms with Crippen LogP contribution in [0, 0.1) is 0 Å². The van der Waals surface area contributed by atoms with E-state index in [-0.39, 0.29) is 12.3 Å². The Balaban J connectivity index is 2.12. The molecule has 0 saturated heterocycles. The predicted molar refractivity (Wildman–Crippen MR) is 97.0 cm³/mol. The van der Waals surface area contributed by atoms with Gasteiger partial charge in [0.05, 0.1) is 20.6 Å². The molecule has 24 heavy (non-hydrogen) atoms. The van der Waals surface area contributed by atoms with E-state index in [1.54, 1.807) is 14.2 Å². The fourth-order valence-electron chi connectivity index (χ4n) is 2.63. The number of carbonyl (C=O) groups is 1. The highest BCUT2D eigenvalue weighted by Gasteiger charge is 2.12. The van der Waals surface area contributed by atoms with Crippen LogP contribution in [0.25, 0.3) is 0 Å². The number of carbonyl (C=O) groups excluding carboxylic acids is 1. The third-order valence-corrected chi connectivity index (χ3v) is 4.19. The molecule has 0 aliphatic heterocycles. The van der Waals surface area contributed by atoms with Gasteiger partial charge in [-0.25, -0.2) is 0 Å². The van der Waals surface area contributed by atoms with Crippen LogP contribution >= 0.6 is 0 Å². The molecule has 0 saturated carbocycles. The lowest BCUT2D eigenvalue weighted by molar-refractivity contribution is -0.115. The summed E-state index contributed by atoms with van der Waals surface area (Å²) in [5.74, 6) is 1.65. The third kappa shape index (κ3) is 4.28. The number of amides is 1. The largest absolute Gasteiger partial charge is 0.493 e. The van der Waals surface area contributed by atoms with Crippen molar-refractivity contribution in [1.82, 2.24) is 0 Å². The Morgan fingerprint density at radius 1 is 1.08 bits per heavy atom. The maximum absolute atomic E-state index is 12.4. The van der Waals surface area contributed by atoms with E-state index in [1.807, 2.05) is 36.4 Å². The molecule has 0 aromatic heterocycles. The molecule has 0 heterocycles. The van der Waals surface area contributed by atoms with Crippen LogP contribution in [0.15, 0.2) is 42.5 Å². The minimum absolute atomic E-state index is 0.0435. The van der Waals surface area contributed by atoms with E-state index in [0.29, 0.717) is 17.4 Å². The number of nitrogens with one attached hydrogen (secondary N) is 1. The van der Waals surface area contributed by atoms with E-state index in [2.05, 4.69) is 25.2 Å². The molecule has 4 nitrogen and oxygen atoms in total. The van der Waals surface area contributed by atoms with Crippen LogP contribution in [0.2, 0.25) is 0 Å². The summed E-state index contributed by atoms with van der Waals surface area (Å²) < 4.78 is 10.5. The van der Waals surface area contributed by atoms with Gasteiger partial charge in [-0.3, -0.25) is 4.79 Å². The summed E-state index contributed by atoms with van der Waals surface area (Å²) in [6.07, 6.45) is 1.32. The molecule has 1 unspecified atom stereocenters. The smallest absolute Gasteiger partial charge is 0.228 e. The van der Waals surface area contributed by atoms with E-state index >= 15 is 0 Å². The Bertz CT molecular complexity index is 697. The molecule has 0 aliphatic rings. The molecule has 1 amide bonds. The van der Waals surface area contributed by atoms with E-state index in [9.17, 15) is 4.79 Å². The number of methoxy groups -OCH3 is 2. The molecule has 0 bridgehead atoms. The van der Waals surface area contributed by atoms with Crippen molar-refractivity contribution in [1.29, 1.82) is 0 Å². The lowest BCUT2D eigenvalue weighted by Gasteiger charge is -2.16. The average molecular weight is 327 g/mol. The van der Waals surface area contributed by atoms with Crippen LogP contribution in [0.1, 0.15) is 37.3 Å². The van der Waals surface area contributed by atoms with Crippen molar-refractivity contribution in [2.75, 3.05) is 19.5 Å². The minimum Gasteiger partial charge on any atom is -0.493 e. The van der Waals surface area contributed by atoms with E-state index in [4.69, 9.17) is 9.47 Å². The van der Waals surface area contributed by atoms with Crippen molar-refractivity contribution in [3.05, 3.63) is 53.6 Å². The van der Waals surface area contributed by atoms with Crippen LogP contribution in [-0.4, -0.2) is 20.1 Å². The summed E-state index contributed by atoms with van der Waals surface area (Å²) in [5.41, 5.74) is 2.93. The molecule has 4 heteroatoms. The van der Waals surface area contributed by atoms with Crippen LogP contribution in [0.3, 0.4) is 0 Å². The van der Waals surface area contributed by atoms with Gasteiger partial charge < -0.3 is 14.8 Å². The third-order valence-electron chi connectivity index (χ3n) is 4.19. The number of benzene rings is 2. The first-order valence-corrected chi connectivity index (χ1v) is 8.18. The molecule has 2 aromatic carbocycles. The Labute approximate surface area is 143 Å². The van der Waals surface area contributed by atoms with Gasteiger partial charge in [-0.05, 0) is 41.7 Å². The molecular formula is C20H25NO3. The zero-order chi connectivity index (χ0) is 17.5. The maximum atomic E-state index is 12.4. The minimum atomic E-state index is -0.0435. The first-order valence-electron chi connectivity index (χ1n) is 8.18. The van der Waals surface area contributed by atoms with Crippen molar-refractivity contribution in [2.45, 2.75) is 32.6 Å². The topological polar surface area (TPSA) is 47.6 Å². The molecule has 0 aliphatic carbocycles. The second-order valence-corrected chi connectivity index (χ2v) is 5.81. The van der Waals surface area contributed by atoms with E-state index in [0.717, 1.165) is 17.7 Å². The van der Waals surface area contributed by atoms with Crippen LogP contribution in [0.4, 0.5) is 5.69 Å². The standard InChI is InChI=1S/C20H25NO3/c1-5-14(2)16-8-6-7-9-17(16)21-20(22)13-15-10-11-18(23-3)19(12-15)24-4/h6-12,14H,5,13H2,1-4H3,(H,21,22). The average Bonchev–Trinajstić information content (AvgIpc) is 2.61. The van der Waals surface area contributed by atoms with Gasteiger partial charge in [0, 0.05) is 5.69 Å². The number of hydrogen-bond donors (Lipinski definition) is 1. The molecule has 1 N–H and O–H groups in total. The lowest BCUT2D eigenvalue weighted by Crippen LogP contribution is -2.16. The SMILES string of the molecule is CCC(C)c1ccccc1NC(=O)Cc1ccc(OC)c(OC)c1. The van der Waals surface area contributed by atoms with Gasteiger partial charge in [0.2, 0.25) is 5.91 Å². The van der Waals surface area contributed by atoms with Gasteiger partial charge in [-0.15, -0.1) is 0 Å². The number of hydrogen-bond acceptors (Lipinski definition) is 3. The summed E-state index contributed by atoms with van der Waals surface area (Å²) in [6.45, 7) is 4.31. The molecule has 128 valence electrons. The Hall–Kier alpha value is -2.49. The lowest BCUT2D eigenvalue weighted by atomic mass is 9.97. The van der Waals surface area contributed by atoms with Crippen LogP contribution in [-0.2, 0) is 11.2 Å². The molecule has 2 rings (SSSR count). The Morgan fingerprint density at radius 2 is 1.79 bits per heavy atom. The predicted octanol–water partition coefficient (Wildman–Crippen LogP) is 4.40. The van der Waals surface area contributed by atoms with Gasteiger partial charge >= 0.3 is 0 Å². The highest BCUT2D eigenvalue weighted by atomic mass is 16.5. The second kappa shape index (κ2) is 8.39. The summed E-state index contributed by atoms with van der Waals surface area (Å²) in [4.78, 5) is 12.4. The summed E-state index contributed by atoms with van der Waals surface area (Å²) >= 11 is 0. The van der Waals surface area contributed by atoms with Gasteiger partial charge in [0.1, 0.15) is 0 Å². The Kier molecular flexibility index (Phi) is 6.24. The number of rotatable bonds is 7. The maximum Gasteiger partial charge on any atom is 0.228 e. The Morgan fingerprint density at radius 3 is 2.46 bits per heavy atom. The molecule has 0 radical (unpaired) electrons. The normalized spacial score (nSPS) is 11.7. The molecule has 1 atom stereocenters. The van der Waals surface area contributed by atoms with Gasteiger partial charge in [-0.1, -0.05) is 38.1 Å². The zero-order valence-electron chi connectivity index (χ0n) is 14.8. The van der Waals surface area contributed by atoms with Gasteiger partial charge in [-0.2, -0.15) is 0 Å². The fourth-order valence-corrected chi connectivity index (χ4v) is 2.63. The fraction of sp³-hybridized carbons (Fsp3) is 0.350. The molecule has 0 spiro atoms. The van der Waals surface area contributed by atoms with E-state index < -0.39 is 0 Å². The van der Waals surface area contributed by atoms with Crippen molar-refractivity contribution in [2.24, 2.45) is 0 Å². The first-order chi connectivity index (χ1) is 11.6. The van der Waals surface area contributed by atoms with Crippen molar-refractivity contribution >= 4 is 11.6 Å². The summed E-state index contributed by atoms with van der Waals surface area (Å²) in [7, 11) is 3.18. The molecule has 0 fully saturated rings. The first kappa shape index (κ1) is 17.9. The molecular weight excluding hydrogens is 302 g/mol. The second-order valence-electron chi connectivity index (χ2n) is 5.81. The van der Waals surface area contributed by atoms with Gasteiger partial charge in [0.15, 0.2) is 11.5 Å². The monoisotopic (exact) mass is 327 g/mol.